The predicted molar refractivity (Wildman–Crippen MR) is 135 cm³/mol. The van der Waals surface area contributed by atoms with Crippen molar-refractivity contribution in [1.82, 2.24) is 0 Å². The Balaban J connectivity index is 0.00000160. The van der Waals surface area contributed by atoms with Gasteiger partial charge in [0.05, 0.1) is 0 Å². The molecule has 4 nitrogen and oxygen atoms in total. The largest absolute Gasteiger partial charge is 1.00 e. The van der Waals surface area contributed by atoms with Gasteiger partial charge in [-0.05, 0) is 0 Å². The summed E-state index contributed by atoms with van der Waals surface area (Å²) in [6.07, 6.45) is 1.80. The second-order valence-electron chi connectivity index (χ2n) is 8.82. The molecule has 0 spiro atoms. The molecule has 0 N–H and O–H groups in total. The molecular weight excluding hydrogens is 632 g/mol. The fourth-order valence-corrected chi connectivity index (χ4v) is 8.17. The van der Waals surface area contributed by atoms with E-state index in [1.54, 1.807) is 28.4 Å². The van der Waals surface area contributed by atoms with Gasteiger partial charge in [-0.25, -0.2) is 0 Å². The van der Waals surface area contributed by atoms with Gasteiger partial charge < -0.3 is 34.0 Å². The molecule has 7 heteroatoms. The molecule has 188 valence electrons. The minimum Gasteiger partial charge on any atom is -1.00 e. The maximum atomic E-state index is 6.01. The van der Waals surface area contributed by atoms with Crippen molar-refractivity contribution in [2.75, 3.05) is 28.4 Å². The molecule has 0 aromatic heterocycles. The third kappa shape index (κ3) is 4.42. The Morgan fingerprint density at radius 1 is 0.541 bits per heavy atom. The zero-order valence-corrected chi connectivity index (χ0v) is 25.8. The third-order valence-electron chi connectivity index (χ3n) is 7.15. The van der Waals surface area contributed by atoms with Crippen LogP contribution in [0.25, 0.3) is 22.3 Å². The molecule has 0 amide bonds. The summed E-state index contributed by atoms with van der Waals surface area (Å²) >= 11 is -0.886. The zero-order valence-electron chi connectivity index (χ0n) is 21.1. The van der Waals surface area contributed by atoms with Crippen LogP contribution < -0.4 is 60.6 Å². The number of rotatable bonds is 6. The smallest absolute Gasteiger partial charge is 1.00 e. The Bertz CT molecular complexity index is 1370. The Morgan fingerprint density at radius 3 is 1.32 bits per heavy atom. The second kappa shape index (κ2) is 11.2. The zero-order chi connectivity index (χ0) is 24.1. The number of hydrogen-bond donors (Lipinski definition) is 0. The molecular formula is C30H26Br2O4Ti. The van der Waals surface area contributed by atoms with E-state index in [4.69, 9.17) is 18.9 Å². The van der Waals surface area contributed by atoms with Crippen LogP contribution in [0.3, 0.4) is 0 Å². The van der Waals surface area contributed by atoms with E-state index in [0.29, 0.717) is 0 Å². The minimum atomic E-state index is -0.886. The Morgan fingerprint density at radius 2 is 0.946 bits per heavy atom. The van der Waals surface area contributed by atoms with Gasteiger partial charge in [-0.3, -0.25) is 0 Å². The number of ether oxygens (including phenoxy) is 4. The van der Waals surface area contributed by atoms with Crippen molar-refractivity contribution in [1.29, 1.82) is 0 Å². The molecule has 37 heavy (non-hydrogen) atoms. The van der Waals surface area contributed by atoms with Gasteiger partial charge >= 0.3 is 215 Å². The number of fused-ring (bicyclic) bond motifs is 6. The molecule has 0 saturated heterocycles. The molecule has 0 heterocycles. The van der Waals surface area contributed by atoms with Crippen molar-refractivity contribution in [3.8, 4) is 45.3 Å². The van der Waals surface area contributed by atoms with Crippen molar-refractivity contribution in [2.24, 2.45) is 0 Å². The van der Waals surface area contributed by atoms with Crippen LogP contribution in [-0.4, -0.2) is 28.4 Å². The SMILES string of the molecule is COc1cc2c([c]([Ti+2][c]3c4c(cc(OC)c3OC)-c3ccccc3C4)c1OC)Cc1ccccc1-2.[Br-].[Br-]. The van der Waals surface area contributed by atoms with Crippen LogP contribution in [0.15, 0.2) is 60.7 Å². The summed E-state index contributed by atoms with van der Waals surface area (Å²) in [6.45, 7) is 0. The van der Waals surface area contributed by atoms with Crippen molar-refractivity contribution < 1.29 is 72.1 Å². The van der Waals surface area contributed by atoms with Crippen LogP contribution in [0.2, 0.25) is 0 Å². The molecule has 0 bridgehead atoms. The van der Waals surface area contributed by atoms with Crippen molar-refractivity contribution in [2.45, 2.75) is 12.8 Å². The summed E-state index contributed by atoms with van der Waals surface area (Å²) in [4.78, 5) is 0. The normalized spacial score (nSPS) is 11.6. The van der Waals surface area contributed by atoms with E-state index in [-0.39, 0.29) is 34.0 Å². The van der Waals surface area contributed by atoms with E-state index in [0.717, 1.165) is 35.8 Å². The van der Waals surface area contributed by atoms with Gasteiger partial charge in [0.25, 0.3) is 0 Å². The summed E-state index contributed by atoms with van der Waals surface area (Å²) in [5, 5.41) is 0. The predicted octanol–water partition coefficient (Wildman–Crippen LogP) is -1.10. The Hall–Kier alpha value is -2.25. The molecule has 0 radical (unpaired) electrons. The van der Waals surface area contributed by atoms with Gasteiger partial charge in [0.1, 0.15) is 0 Å². The van der Waals surface area contributed by atoms with Crippen LogP contribution in [-0.2, 0) is 32.0 Å². The molecule has 0 fully saturated rings. The summed E-state index contributed by atoms with van der Waals surface area (Å²) in [5.41, 5.74) is 10.5. The topological polar surface area (TPSA) is 36.9 Å². The number of hydrogen-bond acceptors (Lipinski definition) is 4. The molecule has 0 atom stereocenters. The van der Waals surface area contributed by atoms with Gasteiger partial charge in [0, 0.05) is 0 Å². The number of halogens is 2. The van der Waals surface area contributed by atoms with Gasteiger partial charge in [-0.1, -0.05) is 0 Å². The quantitative estimate of drug-likeness (QED) is 0.214. The van der Waals surface area contributed by atoms with Gasteiger partial charge in [-0.15, -0.1) is 0 Å². The molecule has 6 rings (SSSR count). The van der Waals surface area contributed by atoms with Gasteiger partial charge in [0.2, 0.25) is 0 Å². The number of methoxy groups -OCH3 is 4. The van der Waals surface area contributed by atoms with E-state index in [9.17, 15) is 0 Å². The molecule has 2 aliphatic carbocycles. The standard InChI is InChI=1S/2C15H13O2.2BrH.Ti/c2*1-16-14-8-11-7-10-5-3-4-6-12(10)13(11)9-15(14)17-2;;;/h2*3-6,9H,7H2,1-2H3;2*1H;/q;;;;+2/p-2. The molecule has 0 unspecified atom stereocenters. The molecule has 4 aromatic rings. The van der Waals surface area contributed by atoms with E-state index in [2.05, 4.69) is 60.7 Å². The average molecular weight is 658 g/mol. The first-order valence-corrected chi connectivity index (χ1v) is 13.2. The van der Waals surface area contributed by atoms with Crippen LogP contribution in [0, 0.1) is 0 Å². The third-order valence-corrected chi connectivity index (χ3v) is 9.59. The van der Waals surface area contributed by atoms with Crippen LogP contribution in [0.4, 0.5) is 0 Å². The summed E-state index contributed by atoms with van der Waals surface area (Å²) in [5.74, 6) is 3.24. The van der Waals surface area contributed by atoms with Gasteiger partial charge in [0.15, 0.2) is 0 Å². The van der Waals surface area contributed by atoms with Crippen LogP contribution in [0.5, 0.6) is 23.0 Å². The molecule has 0 aliphatic heterocycles. The maximum Gasteiger partial charge on any atom is -1.00 e. The first kappa shape index (κ1) is 27.8. The Kier molecular flexibility index (Phi) is 8.44. The fraction of sp³-hybridized carbons (Fsp3) is 0.200. The average Bonchev–Trinajstić information content (AvgIpc) is 3.46. The minimum absolute atomic E-state index is 0. The summed E-state index contributed by atoms with van der Waals surface area (Å²) < 4.78 is 26.2. The first-order chi connectivity index (χ1) is 17.2. The second-order valence-corrected chi connectivity index (χ2v) is 10.8. The number of benzene rings is 4. The van der Waals surface area contributed by atoms with E-state index in [1.807, 2.05) is 0 Å². The monoisotopic (exact) mass is 656 g/mol. The van der Waals surface area contributed by atoms with Crippen LogP contribution in [0.1, 0.15) is 22.3 Å². The summed E-state index contributed by atoms with van der Waals surface area (Å²) in [7, 11) is 6.92. The summed E-state index contributed by atoms with van der Waals surface area (Å²) in [6, 6.07) is 21.6. The molecule has 4 aromatic carbocycles. The van der Waals surface area contributed by atoms with E-state index >= 15 is 0 Å². The fourth-order valence-electron chi connectivity index (χ4n) is 5.56. The van der Waals surface area contributed by atoms with E-state index in [1.165, 1.54) is 52.2 Å². The molecule has 2 aliphatic rings. The van der Waals surface area contributed by atoms with Crippen molar-refractivity contribution in [3.05, 3.63) is 82.9 Å². The van der Waals surface area contributed by atoms with Gasteiger partial charge in [-0.2, -0.15) is 0 Å². The van der Waals surface area contributed by atoms with E-state index < -0.39 is 19.2 Å². The Labute approximate surface area is 247 Å². The maximum absolute atomic E-state index is 6.01. The first-order valence-electron chi connectivity index (χ1n) is 11.7. The van der Waals surface area contributed by atoms with Crippen molar-refractivity contribution >= 4 is 7.74 Å². The van der Waals surface area contributed by atoms with Crippen molar-refractivity contribution in [3.63, 3.8) is 0 Å². The van der Waals surface area contributed by atoms with Crippen LogP contribution >= 0.6 is 0 Å². The molecule has 0 saturated carbocycles.